The predicted octanol–water partition coefficient (Wildman–Crippen LogP) is 6.03. The van der Waals surface area contributed by atoms with Gasteiger partial charge >= 0.3 is 0 Å². The van der Waals surface area contributed by atoms with Crippen LogP contribution in [0.3, 0.4) is 0 Å². The smallest absolute Gasteiger partial charge is 0.259 e. The quantitative estimate of drug-likeness (QED) is 0.467. The van der Waals surface area contributed by atoms with Crippen LogP contribution in [0.25, 0.3) is 0 Å². The van der Waals surface area contributed by atoms with E-state index in [0.29, 0.717) is 28.7 Å². The number of amides is 2. The number of primary amides is 1. The van der Waals surface area contributed by atoms with Gasteiger partial charge in [0.15, 0.2) is 0 Å². The van der Waals surface area contributed by atoms with Gasteiger partial charge in [-0.15, -0.1) is 0 Å². The van der Waals surface area contributed by atoms with E-state index >= 15 is 0 Å². The predicted molar refractivity (Wildman–Crippen MR) is 123 cm³/mol. The molecule has 3 aromatic carbocycles. The van der Waals surface area contributed by atoms with E-state index in [0.717, 1.165) is 12.0 Å². The van der Waals surface area contributed by atoms with Crippen LogP contribution < -0.4 is 10.6 Å². The molecule has 0 bridgehead atoms. The number of rotatable bonds is 7. The lowest BCUT2D eigenvalue weighted by atomic mass is 10.1. The monoisotopic (exact) mass is 460 g/mol. The van der Waals surface area contributed by atoms with Gasteiger partial charge in [-0.25, -0.2) is 0 Å². The normalized spacial score (nSPS) is 10.6. The largest absolute Gasteiger partial charge is 0.366 e. The Morgan fingerprint density at radius 3 is 2.17 bits per heavy atom. The van der Waals surface area contributed by atoms with E-state index in [-0.39, 0.29) is 22.1 Å². The molecule has 0 unspecified atom stereocenters. The highest BCUT2D eigenvalue weighted by Crippen LogP contribution is 2.29. The van der Waals surface area contributed by atoms with E-state index in [9.17, 15) is 9.59 Å². The molecule has 7 heteroatoms. The van der Waals surface area contributed by atoms with Crippen molar-refractivity contribution >= 4 is 52.3 Å². The fourth-order valence-corrected chi connectivity index (χ4v) is 3.83. The van der Waals surface area contributed by atoms with Crippen LogP contribution in [0.15, 0.2) is 66.7 Å². The number of hydrogen-bond acceptors (Lipinski definition) is 2. The fraction of sp³-hybridized carbons (Fsp3) is 0.130. The van der Waals surface area contributed by atoms with Crippen LogP contribution >= 0.6 is 34.8 Å². The molecule has 0 heterocycles. The van der Waals surface area contributed by atoms with Crippen molar-refractivity contribution in [3.8, 4) is 0 Å². The Morgan fingerprint density at radius 2 is 1.50 bits per heavy atom. The number of hydrogen-bond donors (Lipinski definition) is 1. The Hall–Kier alpha value is -2.53. The maximum atomic E-state index is 13.4. The summed E-state index contributed by atoms with van der Waals surface area (Å²) in [5, 5.41) is 1.01. The molecule has 0 aliphatic rings. The van der Waals surface area contributed by atoms with Gasteiger partial charge in [-0.05, 0) is 54.8 Å². The minimum Gasteiger partial charge on any atom is -0.366 e. The second-order valence-electron chi connectivity index (χ2n) is 6.70. The Kier molecular flexibility index (Phi) is 7.38. The molecule has 3 rings (SSSR count). The Morgan fingerprint density at radius 1 is 0.833 bits per heavy atom. The van der Waals surface area contributed by atoms with E-state index in [2.05, 4.69) is 0 Å². The topological polar surface area (TPSA) is 63.4 Å². The van der Waals surface area contributed by atoms with Crippen molar-refractivity contribution < 1.29 is 9.59 Å². The summed E-state index contributed by atoms with van der Waals surface area (Å²) in [5.74, 6) is -1.02. The number of halogens is 3. The minimum absolute atomic E-state index is 0.167. The Balaban J connectivity index is 1.96. The molecule has 2 N–H and O–H groups in total. The third-order valence-corrected chi connectivity index (χ3v) is 5.39. The highest BCUT2D eigenvalue weighted by Gasteiger charge is 2.24. The zero-order valence-electron chi connectivity index (χ0n) is 15.9. The van der Waals surface area contributed by atoms with E-state index in [1.807, 2.05) is 30.3 Å². The van der Waals surface area contributed by atoms with Gasteiger partial charge in [0.1, 0.15) is 0 Å². The molecule has 2 amide bonds. The number of benzene rings is 3. The lowest BCUT2D eigenvalue weighted by molar-refractivity contribution is 0.0986. The van der Waals surface area contributed by atoms with Crippen LogP contribution in [0, 0.1) is 0 Å². The molecule has 0 saturated heterocycles. The molecule has 0 spiro atoms. The highest BCUT2D eigenvalue weighted by atomic mass is 35.5. The molecular weight excluding hydrogens is 443 g/mol. The first-order valence-corrected chi connectivity index (χ1v) is 10.4. The van der Waals surface area contributed by atoms with Crippen molar-refractivity contribution in [3.63, 3.8) is 0 Å². The SMILES string of the molecule is NC(=O)c1cc(Cl)ccc1N(CCCc1ccccc1)C(=O)c1ccc(Cl)cc1Cl. The van der Waals surface area contributed by atoms with Crippen LogP contribution in [0.2, 0.25) is 15.1 Å². The van der Waals surface area contributed by atoms with E-state index in [4.69, 9.17) is 40.5 Å². The molecule has 30 heavy (non-hydrogen) atoms. The summed E-state index contributed by atoms with van der Waals surface area (Å²) < 4.78 is 0. The molecule has 3 aromatic rings. The molecule has 0 fully saturated rings. The second kappa shape index (κ2) is 9.98. The summed E-state index contributed by atoms with van der Waals surface area (Å²) in [6.07, 6.45) is 1.43. The number of aryl methyl sites for hydroxylation is 1. The fourth-order valence-electron chi connectivity index (χ4n) is 3.17. The zero-order chi connectivity index (χ0) is 21.7. The minimum atomic E-state index is -0.671. The van der Waals surface area contributed by atoms with Gasteiger partial charge in [0.05, 0.1) is 21.8 Å². The lowest BCUT2D eigenvalue weighted by Gasteiger charge is -2.25. The van der Waals surface area contributed by atoms with Gasteiger partial charge in [0, 0.05) is 16.6 Å². The standard InChI is InChI=1S/C23H19Cl3N2O2/c24-16-9-11-21(19(13-16)22(27)29)28(12-4-7-15-5-2-1-3-6-15)23(30)18-10-8-17(25)14-20(18)26/h1-3,5-6,8-11,13-14H,4,7,12H2,(H2,27,29). The van der Waals surface area contributed by atoms with Gasteiger partial charge in [0.25, 0.3) is 11.8 Å². The molecule has 0 aromatic heterocycles. The van der Waals surface area contributed by atoms with Gasteiger partial charge in [-0.1, -0.05) is 65.1 Å². The first-order chi connectivity index (χ1) is 14.4. The van der Waals surface area contributed by atoms with E-state index in [1.54, 1.807) is 24.3 Å². The number of carbonyl (C=O) groups excluding carboxylic acids is 2. The number of anilines is 1. The van der Waals surface area contributed by atoms with Crippen molar-refractivity contribution in [1.29, 1.82) is 0 Å². The van der Waals surface area contributed by atoms with E-state index < -0.39 is 5.91 Å². The number of carbonyl (C=O) groups is 2. The molecular formula is C23H19Cl3N2O2. The average molecular weight is 462 g/mol. The third kappa shape index (κ3) is 5.33. The molecule has 154 valence electrons. The van der Waals surface area contributed by atoms with Gasteiger partial charge in [-0.2, -0.15) is 0 Å². The Labute approximate surface area is 190 Å². The van der Waals surface area contributed by atoms with Crippen molar-refractivity contribution in [1.82, 2.24) is 0 Å². The number of nitrogens with zero attached hydrogens (tertiary/aromatic N) is 1. The first-order valence-electron chi connectivity index (χ1n) is 9.27. The van der Waals surface area contributed by atoms with Crippen molar-refractivity contribution in [2.24, 2.45) is 5.73 Å². The van der Waals surface area contributed by atoms with Crippen LogP contribution in [0.4, 0.5) is 5.69 Å². The van der Waals surface area contributed by atoms with E-state index in [1.165, 1.54) is 17.0 Å². The molecule has 0 radical (unpaired) electrons. The van der Waals surface area contributed by atoms with Crippen LogP contribution in [-0.2, 0) is 6.42 Å². The van der Waals surface area contributed by atoms with Gasteiger partial charge in [-0.3, -0.25) is 9.59 Å². The maximum absolute atomic E-state index is 13.4. The van der Waals surface area contributed by atoms with Crippen molar-refractivity contribution in [3.05, 3.63) is 98.5 Å². The summed E-state index contributed by atoms with van der Waals surface area (Å²) >= 11 is 18.3. The van der Waals surface area contributed by atoms with Gasteiger partial charge < -0.3 is 10.6 Å². The molecule has 0 aliphatic heterocycles. The highest BCUT2D eigenvalue weighted by molar-refractivity contribution is 6.37. The molecule has 0 aliphatic carbocycles. The molecule has 0 atom stereocenters. The third-order valence-electron chi connectivity index (χ3n) is 4.61. The van der Waals surface area contributed by atoms with Crippen LogP contribution in [0.1, 0.15) is 32.7 Å². The maximum Gasteiger partial charge on any atom is 0.259 e. The Bertz CT molecular complexity index is 1070. The summed E-state index contributed by atoms with van der Waals surface area (Å²) in [4.78, 5) is 26.9. The molecule has 0 saturated carbocycles. The summed E-state index contributed by atoms with van der Waals surface area (Å²) in [6.45, 7) is 0.356. The second-order valence-corrected chi connectivity index (χ2v) is 7.98. The summed E-state index contributed by atoms with van der Waals surface area (Å²) in [7, 11) is 0. The van der Waals surface area contributed by atoms with Gasteiger partial charge in [0.2, 0.25) is 0 Å². The first kappa shape index (κ1) is 22.2. The van der Waals surface area contributed by atoms with Crippen LogP contribution in [-0.4, -0.2) is 18.4 Å². The number of nitrogens with two attached hydrogens (primary N) is 1. The molecule has 4 nitrogen and oxygen atoms in total. The van der Waals surface area contributed by atoms with Crippen molar-refractivity contribution in [2.45, 2.75) is 12.8 Å². The average Bonchev–Trinajstić information content (AvgIpc) is 2.72. The lowest BCUT2D eigenvalue weighted by Crippen LogP contribution is -2.34. The summed E-state index contributed by atoms with van der Waals surface area (Å²) in [5.41, 5.74) is 7.54. The zero-order valence-corrected chi connectivity index (χ0v) is 18.2. The van der Waals surface area contributed by atoms with Crippen LogP contribution in [0.5, 0.6) is 0 Å². The summed E-state index contributed by atoms with van der Waals surface area (Å²) in [6, 6.07) is 19.3. The van der Waals surface area contributed by atoms with Crippen molar-refractivity contribution in [2.75, 3.05) is 11.4 Å².